The van der Waals surface area contributed by atoms with Gasteiger partial charge in [0.15, 0.2) is 0 Å². The van der Waals surface area contributed by atoms with E-state index in [0.717, 1.165) is 18.4 Å². The first-order valence-electron chi connectivity index (χ1n) is 5.11. The molecular formula is C12H17N. The van der Waals surface area contributed by atoms with E-state index in [9.17, 15) is 0 Å². The Labute approximate surface area is 80.2 Å². The molecule has 1 aliphatic rings. The molecule has 13 heavy (non-hydrogen) atoms. The highest BCUT2D eigenvalue weighted by molar-refractivity contribution is 5.14. The fourth-order valence-corrected chi connectivity index (χ4v) is 1.68. The Morgan fingerprint density at radius 2 is 2.00 bits per heavy atom. The third-order valence-electron chi connectivity index (χ3n) is 2.85. The summed E-state index contributed by atoms with van der Waals surface area (Å²) in [4.78, 5) is 0. The van der Waals surface area contributed by atoms with Crippen molar-refractivity contribution in [1.82, 2.24) is 5.32 Å². The summed E-state index contributed by atoms with van der Waals surface area (Å²) in [6.45, 7) is 4.54. The van der Waals surface area contributed by atoms with Gasteiger partial charge >= 0.3 is 0 Å². The molecule has 1 fully saturated rings. The van der Waals surface area contributed by atoms with Gasteiger partial charge in [-0.1, -0.05) is 37.3 Å². The maximum atomic E-state index is 3.49. The lowest BCUT2D eigenvalue weighted by Crippen LogP contribution is -2.16. The molecular weight excluding hydrogens is 158 g/mol. The Bertz CT molecular complexity index is 255. The first-order valence-corrected chi connectivity index (χ1v) is 5.11. The van der Waals surface area contributed by atoms with Crippen molar-refractivity contribution in [3.8, 4) is 0 Å². The van der Waals surface area contributed by atoms with Crippen molar-refractivity contribution < 1.29 is 0 Å². The molecule has 0 amide bonds. The van der Waals surface area contributed by atoms with Gasteiger partial charge in [-0.25, -0.2) is 0 Å². The lowest BCUT2D eigenvalue weighted by Gasteiger charge is -2.03. The first kappa shape index (κ1) is 8.76. The van der Waals surface area contributed by atoms with E-state index < -0.39 is 0 Å². The third-order valence-corrected chi connectivity index (χ3v) is 2.85. The van der Waals surface area contributed by atoms with E-state index in [1.807, 2.05) is 0 Å². The molecule has 0 aliphatic heterocycles. The van der Waals surface area contributed by atoms with E-state index in [1.165, 1.54) is 18.5 Å². The number of rotatable bonds is 4. The highest BCUT2D eigenvalue weighted by Gasteiger charge is 2.31. The summed E-state index contributed by atoms with van der Waals surface area (Å²) < 4.78 is 0. The van der Waals surface area contributed by atoms with Gasteiger partial charge in [0.2, 0.25) is 0 Å². The Balaban J connectivity index is 1.68. The minimum atomic E-state index is 0.948. The van der Waals surface area contributed by atoms with Crippen LogP contribution >= 0.6 is 0 Å². The molecule has 1 aliphatic carbocycles. The molecule has 0 heterocycles. The van der Waals surface area contributed by atoms with Crippen molar-refractivity contribution in [3.63, 3.8) is 0 Å². The number of hydrogen-bond acceptors (Lipinski definition) is 1. The molecule has 1 heteroatoms. The molecule has 1 aromatic carbocycles. The fraction of sp³-hybridized carbons (Fsp3) is 0.500. The summed E-state index contributed by atoms with van der Waals surface area (Å²) in [7, 11) is 0. The van der Waals surface area contributed by atoms with E-state index in [1.54, 1.807) is 0 Å². The van der Waals surface area contributed by atoms with E-state index in [4.69, 9.17) is 0 Å². The van der Waals surface area contributed by atoms with Crippen LogP contribution in [0.2, 0.25) is 0 Å². The van der Waals surface area contributed by atoms with Crippen LogP contribution in [0.15, 0.2) is 30.3 Å². The second-order valence-electron chi connectivity index (χ2n) is 4.09. The molecule has 0 unspecified atom stereocenters. The molecule has 2 atom stereocenters. The van der Waals surface area contributed by atoms with Crippen molar-refractivity contribution in [2.24, 2.45) is 11.8 Å². The number of benzene rings is 1. The van der Waals surface area contributed by atoms with Gasteiger partial charge in [-0.2, -0.15) is 0 Å². The van der Waals surface area contributed by atoms with Crippen LogP contribution in [-0.2, 0) is 6.54 Å². The van der Waals surface area contributed by atoms with Gasteiger partial charge in [0.05, 0.1) is 0 Å². The average molecular weight is 175 g/mol. The summed E-state index contributed by atoms with van der Waals surface area (Å²) in [5.74, 6) is 1.91. The molecule has 1 N–H and O–H groups in total. The van der Waals surface area contributed by atoms with Crippen LogP contribution in [-0.4, -0.2) is 6.54 Å². The minimum absolute atomic E-state index is 0.948. The molecule has 0 bridgehead atoms. The van der Waals surface area contributed by atoms with Gasteiger partial charge in [-0.05, 0) is 30.4 Å². The Hall–Kier alpha value is -0.820. The van der Waals surface area contributed by atoms with E-state index in [2.05, 4.69) is 42.6 Å². The lowest BCUT2D eigenvalue weighted by atomic mass is 10.2. The molecule has 2 rings (SSSR count). The van der Waals surface area contributed by atoms with Crippen molar-refractivity contribution in [2.75, 3.05) is 6.54 Å². The largest absolute Gasteiger partial charge is 0.312 e. The summed E-state index contributed by atoms with van der Waals surface area (Å²) in [6, 6.07) is 10.6. The predicted molar refractivity (Wildman–Crippen MR) is 55.4 cm³/mol. The van der Waals surface area contributed by atoms with E-state index in [0.29, 0.717) is 0 Å². The second-order valence-corrected chi connectivity index (χ2v) is 4.09. The van der Waals surface area contributed by atoms with Crippen LogP contribution < -0.4 is 5.32 Å². The van der Waals surface area contributed by atoms with Gasteiger partial charge in [0, 0.05) is 6.54 Å². The molecule has 1 saturated carbocycles. The predicted octanol–water partition coefficient (Wildman–Crippen LogP) is 2.43. The minimum Gasteiger partial charge on any atom is -0.312 e. The first-order chi connectivity index (χ1) is 6.36. The van der Waals surface area contributed by atoms with Gasteiger partial charge in [-0.3, -0.25) is 0 Å². The van der Waals surface area contributed by atoms with Gasteiger partial charge < -0.3 is 5.32 Å². The Kier molecular flexibility index (Phi) is 2.65. The van der Waals surface area contributed by atoms with Crippen LogP contribution in [0.1, 0.15) is 18.9 Å². The second kappa shape index (κ2) is 3.93. The van der Waals surface area contributed by atoms with Crippen LogP contribution in [0.4, 0.5) is 0 Å². The molecule has 1 nitrogen and oxygen atoms in total. The average Bonchev–Trinajstić information content (AvgIpc) is 2.84. The normalized spacial score (nSPS) is 25.9. The van der Waals surface area contributed by atoms with E-state index in [-0.39, 0.29) is 0 Å². The smallest absolute Gasteiger partial charge is 0.0205 e. The maximum absolute atomic E-state index is 3.49. The van der Waals surface area contributed by atoms with Crippen LogP contribution in [0.3, 0.4) is 0 Å². The lowest BCUT2D eigenvalue weighted by molar-refractivity contribution is 0.612. The summed E-state index contributed by atoms with van der Waals surface area (Å²) >= 11 is 0. The number of hydrogen-bond donors (Lipinski definition) is 1. The Morgan fingerprint density at radius 1 is 1.31 bits per heavy atom. The summed E-state index contributed by atoms with van der Waals surface area (Å²) in [5, 5.41) is 3.49. The van der Waals surface area contributed by atoms with Crippen molar-refractivity contribution in [1.29, 1.82) is 0 Å². The zero-order valence-electron chi connectivity index (χ0n) is 8.16. The standard InChI is InChI=1S/C12H17N/c1-10-7-12(10)9-13-8-11-5-3-2-4-6-11/h2-6,10,12-13H,7-9H2,1H3/t10-,12+/m0/s1. The quantitative estimate of drug-likeness (QED) is 0.741. The SMILES string of the molecule is C[C@H]1C[C@@H]1CNCc1ccccc1. The Morgan fingerprint density at radius 3 is 2.62 bits per heavy atom. The summed E-state index contributed by atoms with van der Waals surface area (Å²) in [5.41, 5.74) is 1.39. The van der Waals surface area contributed by atoms with Crippen LogP contribution in [0.5, 0.6) is 0 Å². The summed E-state index contributed by atoms with van der Waals surface area (Å²) in [6.07, 6.45) is 1.42. The third kappa shape index (κ3) is 2.56. The fourth-order valence-electron chi connectivity index (χ4n) is 1.68. The zero-order chi connectivity index (χ0) is 9.10. The molecule has 0 aromatic heterocycles. The molecule has 1 aromatic rings. The van der Waals surface area contributed by atoms with Gasteiger partial charge in [0.25, 0.3) is 0 Å². The maximum Gasteiger partial charge on any atom is 0.0205 e. The van der Waals surface area contributed by atoms with Crippen molar-refractivity contribution >= 4 is 0 Å². The van der Waals surface area contributed by atoms with E-state index >= 15 is 0 Å². The zero-order valence-corrected chi connectivity index (χ0v) is 8.16. The van der Waals surface area contributed by atoms with Crippen molar-refractivity contribution in [3.05, 3.63) is 35.9 Å². The highest BCUT2D eigenvalue weighted by atomic mass is 14.9. The van der Waals surface area contributed by atoms with Crippen molar-refractivity contribution in [2.45, 2.75) is 19.9 Å². The number of nitrogens with one attached hydrogen (secondary N) is 1. The monoisotopic (exact) mass is 175 g/mol. The van der Waals surface area contributed by atoms with Crippen LogP contribution in [0.25, 0.3) is 0 Å². The molecule has 0 spiro atoms. The molecule has 70 valence electrons. The van der Waals surface area contributed by atoms with Gasteiger partial charge in [-0.15, -0.1) is 0 Å². The molecule has 0 saturated heterocycles. The van der Waals surface area contributed by atoms with Gasteiger partial charge in [0.1, 0.15) is 0 Å². The van der Waals surface area contributed by atoms with Crippen LogP contribution in [0, 0.1) is 11.8 Å². The molecule has 0 radical (unpaired) electrons. The topological polar surface area (TPSA) is 12.0 Å². The highest BCUT2D eigenvalue weighted by Crippen LogP contribution is 2.36.